The summed E-state index contributed by atoms with van der Waals surface area (Å²) in [6.07, 6.45) is 2.55. The van der Waals surface area contributed by atoms with E-state index in [4.69, 9.17) is 9.26 Å². The van der Waals surface area contributed by atoms with Gasteiger partial charge in [0.2, 0.25) is 17.6 Å². The van der Waals surface area contributed by atoms with Crippen molar-refractivity contribution in [2.24, 2.45) is 0 Å². The van der Waals surface area contributed by atoms with E-state index < -0.39 is 0 Å². The third kappa shape index (κ3) is 6.52. The number of ether oxygens (including phenoxy) is 1. The molecule has 0 aliphatic rings. The molecule has 0 fully saturated rings. The van der Waals surface area contributed by atoms with Gasteiger partial charge in [0, 0.05) is 31.6 Å². The van der Waals surface area contributed by atoms with Crippen molar-refractivity contribution in [3.05, 3.63) is 71.6 Å². The van der Waals surface area contributed by atoms with Gasteiger partial charge in [0.15, 0.2) is 0 Å². The number of carbonyl (C=O) groups excluding carboxylic acids is 1. The molecule has 158 valence electrons. The lowest BCUT2D eigenvalue weighted by molar-refractivity contribution is -0.121. The van der Waals surface area contributed by atoms with Gasteiger partial charge < -0.3 is 14.6 Å². The molecule has 0 bridgehead atoms. The van der Waals surface area contributed by atoms with Gasteiger partial charge in [-0.1, -0.05) is 66.7 Å². The van der Waals surface area contributed by atoms with Crippen molar-refractivity contribution in [1.29, 1.82) is 0 Å². The zero-order chi connectivity index (χ0) is 21.2. The molecular formula is C24H29N3O3. The lowest BCUT2D eigenvalue weighted by atomic mass is 10.1. The topological polar surface area (TPSA) is 77.2 Å². The zero-order valence-electron chi connectivity index (χ0n) is 17.6. The van der Waals surface area contributed by atoms with Crippen LogP contribution < -0.4 is 5.32 Å². The average Bonchev–Trinajstić information content (AvgIpc) is 3.27. The molecule has 3 rings (SSSR count). The van der Waals surface area contributed by atoms with Crippen molar-refractivity contribution in [2.45, 2.75) is 45.6 Å². The Bertz CT molecular complexity index is 907. The van der Waals surface area contributed by atoms with Gasteiger partial charge in [0.1, 0.15) is 0 Å². The number of rotatable bonds is 11. The first-order chi connectivity index (χ1) is 14.7. The summed E-state index contributed by atoms with van der Waals surface area (Å²) in [5, 5.41) is 6.92. The quantitative estimate of drug-likeness (QED) is 0.473. The Kier molecular flexibility index (Phi) is 8.15. The highest BCUT2D eigenvalue weighted by Crippen LogP contribution is 2.17. The maximum atomic E-state index is 12.0. The summed E-state index contributed by atoms with van der Waals surface area (Å²) in [6, 6.07) is 18.2. The van der Waals surface area contributed by atoms with E-state index in [0.717, 1.165) is 24.0 Å². The van der Waals surface area contributed by atoms with Crippen molar-refractivity contribution in [3.8, 4) is 11.4 Å². The fourth-order valence-corrected chi connectivity index (χ4v) is 3.05. The Hall–Kier alpha value is -2.99. The molecule has 1 amide bonds. The first-order valence-corrected chi connectivity index (χ1v) is 10.5. The summed E-state index contributed by atoms with van der Waals surface area (Å²) >= 11 is 0. The zero-order valence-corrected chi connectivity index (χ0v) is 17.6. The molecular weight excluding hydrogens is 378 g/mol. The molecule has 30 heavy (non-hydrogen) atoms. The number of aromatic nitrogens is 2. The molecule has 6 heteroatoms. The number of hydrogen-bond donors (Lipinski definition) is 1. The van der Waals surface area contributed by atoms with E-state index in [2.05, 4.69) is 46.6 Å². The maximum Gasteiger partial charge on any atom is 0.227 e. The molecule has 0 aliphatic heterocycles. The van der Waals surface area contributed by atoms with Gasteiger partial charge in [-0.3, -0.25) is 4.79 Å². The van der Waals surface area contributed by atoms with Gasteiger partial charge in [-0.05, 0) is 30.9 Å². The van der Waals surface area contributed by atoms with Crippen LogP contribution in [0.4, 0.5) is 0 Å². The number of benzene rings is 2. The summed E-state index contributed by atoms with van der Waals surface area (Å²) < 4.78 is 11.1. The van der Waals surface area contributed by atoms with Gasteiger partial charge in [-0.2, -0.15) is 4.98 Å². The van der Waals surface area contributed by atoms with Gasteiger partial charge in [-0.25, -0.2) is 0 Å². The summed E-state index contributed by atoms with van der Waals surface area (Å²) in [5.74, 6) is 0.996. The number of hydrogen-bond acceptors (Lipinski definition) is 5. The van der Waals surface area contributed by atoms with Gasteiger partial charge in [0.05, 0.1) is 6.10 Å². The lowest BCUT2D eigenvalue weighted by Crippen LogP contribution is -2.25. The third-order valence-corrected chi connectivity index (χ3v) is 4.93. The SMILES string of the molecule is CCc1ccc(-c2noc(CCC(=O)NCCCOC(C)c3ccccc3)n2)cc1. The summed E-state index contributed by atoms with van der Waals surface area (Å²) in [5.41, 5.74) is 3.33. The Labute approximate surface area is 177 Å². The second kappa shape index (κ2) is 11.3. The van der Waals surface area contributed by atoms with E-state index in [-0.39, 0.29) is 12.0 Å². The monoisotopic (exact) mass is 407 g/mol. The minimum Gasteiger partial charge on any atom is -0.374 e. The van der Waals surface area contributed by atoms with E-state index >= 15 is 0 Å². The molecule has 1 N–H and O–H groups in total. The predicted molar refractivity (Wildman–Crippen MR) is 116 cm³/mol. The Morgan fingerprint density at radius 1 is 1.13 bits per heavy atom. The van der Waals surface area contributed by atoms with E-state index in [1.165, 1.54) is 5.56 Å². The van der Waals surface area contributed by atoms with Crippen LogP contribution in [0.25, 0.3) is 11.4 Å². The molecule has 6 nitrogen and oxygen atoms in total. The number of amides is 1. The lowest BCUT2D eigenvalue weighted by Gasteiger charge is -2.13. The first kappa shape index (κ1) is 21.7. The average molecular weight is 408 g/mol. The van der Waals surface area contributed by atoms with Gasteiger partial charge >= 0.3 is 0 Å². The number of nitrogens with zero attached hydrogens (tertiary/aromatic N) is 2. The highest BCUT2D eigenvalue weighted by Gasteiger charge is 2.11. The predicted octanol–water partition coefficient (Wildman–Crippen LogP) is 4.52. The molecule has 0 radical (unpaired) electrons. The highest BCUT2D eigenvalue weighted by atomic mass is 16.5. The molecule has 1 atom stereocenters. The molecule has 0 aliphatic carbocycles. The molecule has 2 aromatic carbocycles. The van der Waals surface area contributed by atoms with Crippen molar-refractivity contribution in [1.82, 2.24) is 15.5 Å². The Morgan fingerprint density at radius 3 is 2.63 bits per heavy atom. The van der Waals surface area contributed by atoms with Crippen molar-refractivity contribution in [3.63, 3.8) is 0 Å². The van der Waals surface area contributed by atoms with Crippen LogP contribution in [-0.2, 0) is 22.4 Å². The minimum absolute atomic E-state index is 0.0295. The second-order valence-corrected chi connectivity index (χ2v) is 7.19. The Morgan fingerprint density at radius 2 is 1.90 bits per heavy atom. The van der Waals surface area contributed by atoms with Gasteiger partial charge in [-0.15, -0.1) is 0 Å². The van der Waals surface area contributed by atoms with E-state index in [1.54, 1.807) is 0 Å². The van der Waals surface area contributed by atoms with Crippen LogP contribution in [0, 0.1) is 0 Å². The number of carbonyl (C=O) groups is 1. The van der Waals surface area contributed by atoms with Crippen LogP contribution >= 0.6 is 0 Å². The number of aryl methyl sites for hydroxylation is 2. The van der Waals surface area contributed by atoms with Crippen molar-refractivity contribution < 1.29 is 14.1 Å². The molecule has 1 aromatic heterocycles. The van der Waals surface area contributed by atoms with Crippen LogP contribution in [-0.4, -0.2) is 29.2 Å². The highest BCUT2D eigenvalue weighted by molar-refractivity contribution is 5.75. The van der Waals surface area contributed by atoms with Crippen molar-refractivity contribution in [2.75, 3.05) is 13.2 Å². The van der Waals surface area contributed by atoms with Crippen LogP contribution in [0.3, 0.4) is 0 Å². The van der Waals surface area contributed by atoms with Crippen LogP contribution in [0.2, 0.25) is 0 Å². The molecule has 0 saturated heterocycles. The van der Waals surface area contributed by atoms with E-state index in [9.17, 15) is 4.79 Å². The number of nitrogens with one attached hydrogen (secondary N) is 1. The van der Waals surface area contributed by atoms with Crippen LogP contribution in [0.5, 0.6) is 0 Å². The van der Waals surface area contributed by atoms with Crippen LogP contribution in [0.15, 0.2) is 59.1 Å². The molecule has 3 aromatic rings. The van der Waals surface area contributed by atoms with Gasteiger partial charge in [0.25, 0.3) is 0 Å². The van der Waals surface area contributed by atoms with Crippen LogP contribution in [0.1, 0.15) is 49.8 Å². The standard InChI is InChI=1S/C24H29N3O3/c1-3-19-10-12-21(13-11-19)24-26-23(30-27-24)15-14-22(28)25-16-7-17-29-18(2)20-8-5-4-6-9-20/h4-6,8-13,18H,3,7,14-17H2,1-2H3,(H,25,28). The summed E-state index contributed by atoms with van der Waals surface area (Å²) in [4.78, 5) is 16.4. The maximum absolute atomic E-state index is 12.0. The van der Waals surface area contributed by atoms with Crippen molar-refractivity contribution >= 4 is 5.91 Å². The minimum atomic E-state index is -0.0295. The first-order valence-electron chi connectivity index (χ1n) is 10.5. The normalized spacial score (nSPS) is 11.9. The molecule has 0 saturated carbocycles. The largest absolute Gasteiger partial charge is 0.374 e. The fourth-order valence-electron chi connectivity index (χ4n) is 3.05. The smallest absolute Gasteiger partial charge is 0.227 e. The second-order valence-electron chi connectivity index (χ2n) is 7.19. The van der Waals surface area contributed by atoms with E-state index in [1.807, 2.05) is 37.3 Å². The summed E-state index contributed by atoms with van der Waals surface area (Å²) in [6.45, 7) is 5.33. The third-order valence-electron chi connectivity index (χ3n) is 4.93. The summed E-state index contributed by atoms with van der Waals surface area (Å²) in [7, 11) is 0. The molecule has 1 unspecified atom stereocenters. The Balaban J connectivity index is 1.32. The fraction of sp³-hybridized carbons (Fsp3) is 0.375. The molecule has 1 heterocycles. The molecule has 0 spiro atoms. The van der Waals surface area contributed by atoms with E-state index in [0.29, 0.717) is 37.7 Å².